The first-order valence-corrected chi connectivity index (χ1v) is 4.51. The highest BCUT2D eigenvalue weighted by molar-refractivity contribution is 5.29. The molecule has 0 N–H and O–H groups in total. The van der Waals surface area contributed by atoms with Crippen molar-refractivity contribution in [3.8, 4) is 0 Å². The third-order valence-corrected chi connectivity index (χ3v) is 2.50. The highest BCUT2D eigenvalue weighted by Gasteiger charge is 2.15. The van der Waals surface area contributed by atoms with E-state index in [2.05, 4.69) is 24.7 Å². The van der Waals surface area contributed by atoms with Gasteiger partial charge in [-0.15, -0.1) is 0 Å². The van der Waals surface area contributed by atoms with E-state index in [-0.39, 0.29) is 0 Å². The zero-order valence-electron chi connectivity index (χ0n) is 7.34. The molecule has 0 heterocycles. The topological polar surface area (TPSA) is 12.4 Å². The molecule has 0 bridgehead atoms. The molecule has 1 fully saturated rings. The highest BCUT2D eigenvalue weighted by Crippen LogP contribution is 2.29. The van der Waals surface area contributed by atoms with Gasteiger partial charge in [0.05, 0.1) is 0 Å². The lowest BCUT2D eigenvalue weighted by Crippen LogP contribution is -2.07. The van der Waals surface area contributed by atoms with E-state index in [1.165, 1.54) is 37.8 Å². The Morgan fingerprint density at radius 1 is 1.36 bits per heavy atom. The van der Waals surface area contributed by atoms with Gasteiger partial charge < -0.3 is 0 Å². The first-order valence-electron chi connectivity index (χ1n) is 4.51. The maximum absolute atomic E-state index is 4.04. The van der Waals surface area contributed by atoms with Crippen LogP contribution in [0.5, 0.6) is 0 Å². The molecular formula is C10H17N. The van der Waals surface area contributed by atoms with E-state index in [1.807, 2.05) is 0 Å². The van der Waals surface area contributed by atoms with E-state index in [0.717, 1.165) is 0 Å². The SMILES string of the molecule is C=NC(=CC)C1CCCCC1. The number of nitrogens with zero attached hydrogens (tertiary/aromatic N) is 1. The Hall–Kier alpha value is -0.590. The summed E-state index contributed by atoms with van der Waals surface area (Å²) in [5, 5.41) is 0. The monoisotopic (exact) mass is 151 g/mol. The van der Waals surface area contributed by atoms with Gasteiger partial charge in [-0.05, 0) is 26.5 Å². The van der Waals surface area contributed by atoms with Gasteiger partial charge in [-0.25, -0.2) is 0 Å². The third kappa shape index (κ3) is 2.18. The zero-order chi connectivity index (χ0) is 8.10. The first kappa shape index (κ1) is 8.51. The Labute approximate surface area is 69.2 Å². The van der Waals surface area contributed by atoms with Crippen molar-refractivity contribution in [3.05, 3.63) is 11.8 Å². The number of hydrogen-bond donors (Lipinski definition) is 0. The van der Waals surface area contributed by atoms with Gasteiger partial charge in [0, 0.05) is 11.6 Å². The van der Waals surface area contributed by atoms with Crippen molar-refractivity contribution in [1.82, 2.24) is 0 Å². The van der Waals surface area contributed by atoms with Crippen molar-refractivity contribution >= 4 is 6.72 Å². The van der Waals surface area contributed by atoms with Crippen molar-refractivity contribution in [2.24, 2.45) is 10.9 Å². The minimum atomic E-state index is 0.714. The van der Waals surface area contributed by atoms with Crippen LogP contribution in [0.2, 0.25) is 0 Å². The Bertz CT molecular complexity index is 152. The third-order valence-electron chi connectivity index (χ3n) is 2.50. The van der Waals surface area contributed by atoms with E-state index in [0.29, 0.717) is 5.92 Å². The summed E-state index contributed by atoms with van der Waals surface area (Å²) in [5.74, 6) is 0.714. The van der Waals surface area contributed by atoms with Gasteiger partial charge >= 0.3 is 0 Å². The summed E-state index contributed by atoms with van der Waals surface area (Å²) in [5.41, 5.74) is 1.21. The Kier molecular flexibility index (Phi) is 3.34. The maximum Gasteiger partial charge on any atom is 0.0384 e. The molecule has 62 valence electrons. The van der Waals surface area contributed by atoms with E-state index in [1.54, 1.807) is 0 Å². The number of aliphatic imine (C=N–C) groups is 1. The van der Waals surface area contributed by atoms with Crippen LogP contribution in [0.1, 0.15) is 39.0 Å². The van der Waals surface area contributed by atoms with Gasteiger partial charge in [0.2, 0.25) is 0 Å². The van der Waals surface area contributed by atoms with Gasteiger partial charge in [0.1, 0.15) is 0 Å². The molecule has 1 aliphatic carbocycles. The molecule has 1 nitrogen and oxygen atoms in total. The summed E-state index contributed by atoms with van der Waals surface area (Å²) in [6.45, 7) is 5.64. The number of rotatable bonds is 2. The fraction of sp³-hybridized carbons (Fsp3) is 0.700. The predicted octanol–water partition coefficient (Wildman–Crippen LogP) is 3.17. The lowest BCUT2D eigenvalue weighted by Gasteiger charge is -2.21. The van der Waals surface area contributed by atoms with Crippen molar-refractivity contribution in [2.45, 2.75) is 39.0 Å². The Balaban J connectivity index is 2.49. The lowest BCUT2D eigenvalue weighted by molar-refractivity contribution is 0.400. The molecule has 0 spiro atoms. The second-order valence-corrected chi connectivity index (χ2v) is 3.21. The second kappa shape index (κ2) is 4.32. The molecular weight excluding hydrogens is 134 g/mol. The largest absolute Gasteiger partial charge is 0.269 e. The summed E-state index contributed by atoms with van der Waals surface area (Å²) < 4.78 is 0. The number of allylic oxidation sites excluding steroid dienone is 2. The molecule has 11 heavy (non-hydrogen) atoms. The summed E-state index contributed by atoms with van der Waals surface area (Å²) in [7, 11) is 0. The first-order chi connectivity index (χ1) is 5.38. The highest BCUT2D eigenvalue weighted by atomic mass is 14.7. The van der Waals surface area contributed by atoms with Crippen molar-refractivity contribution in [2.75, 3.05) is 0 Å². The van der Waals surface area contributed by atoms with E-state index < -0.39 is 0 Å². The summed E-state index contributed by atoms with van der Waals surface area (Å²) in [6.07, 6.45) is 8.89. The Morgan fingerprint density at radius 2 is 2.00 bits per heavy atom. The standard InChI is InChI=1S/C10H17N/c1-3-10(11-2)9-7-5-4-6-8-9/h3,9H,2,4-8H2,1H3. The van der Waals surface area contributed by atoms with Crippen LogP contribution in [0.4, 0.5) is 0 Å². The van der Waals surface area contributed by atoms with Gasteiger partial charge in [-0.2, -0.15) is 0 Å². The van der Waals surface area contributed by atoms with E-state index >= 15 is 0 Å². The predicted molar refractivity (Wildman–Crippen MR) is 49.9 cm³/mol. The van der Waals surface area contributed by atoms with Crippen LogP contribution in [0.3, 0.4) is 0 Å². The molecule has 1 rings (SSSR count). The molecule has 1 aliphatic rings. The zero-order valence-corrected chi connectivity index (χ0v) is 7.34. The van der Waals surface area contributed by atoms with Crippen molar-refractivity contribution in [3.63, 3.8) is 0 Å². The minimum Gasteiger partial charge on any atom is -0.269 e. The van der Waals surface area contributed by atoms with Crippen LogP contribution < -0.4 is 0 Å². The smallest absolute Gasteiger partial charge is 0.0384 e. The normalized spacial score (nSPS) is 21.7. The fourth-order valence-corrected chi connectivity index (χ4v) is 1.85. The molecule has 0 amide bonds. The van der Waals surface area contributed by atoms with Gasteiger partial charge in [0.15, 0.2) is 0 Å². The minimum absolute atomic E-state index is 0.714. The molecule has 0 aromatic carbocycles. The summed E-state index contributed by atoms with van der Waals surface area (Å²) in [6, 6.07) is 0. The van der Waals surface area contributed by atoms with Crippen LogP contribution in [-0.2, 0) is 0 Å². The van der Waals surface area contributed by atoms with E-state index in [9.17, 15) is 0 Å². The molecule has 0 unspecified atom stereocenters. The average molecular weight is 151 g/mol. The van der Waals surface area contributed by atoms with Crippen LogP contribution in [0.25, 0.3) is 0 Å². The molecule has 1 saturated carbocycles. The van der Waals surface area contributed by atoms with Crippen molar-refractivity contribution < 1.29 is 0 Å². The maximum atomic E-state index is 4.04. The van der Waals surface area contributed by atoms with Gasteiger partial charge in [-0.3, -0.25) is 4.99 Å². The summed E-state index contributed by atoms with van der Waals surface area (Å²) >= 11 is 0. The molecule has 0 aromatic rings. The fourth-order valence-electron chi connectivity index (χ4n) is 1.85. The molecule has 1 heteroatoms. The molecule has 0 radical (unpaired) electrons. The van der Waals surface area contributed by atoms with Crippen LogP contribution in [0, 0.1) is 5.92 Å². The average Bonchev–Trinajstić information content (AvgIpc) is 2.09. The second-order valence-electron chi connectivity index (χ2n) is 3.21. The molecule has 0 saturated heterocycles. The van der Waals surface area contributed by atoms with Crippen LogP contribution >= 0.6 is 0 Å². The van der Waals surface area contributed by atoms with Crippen molar-refractivity contribution in [1.29, 1.82) is 0 Å². The molecule has 0 aromatic heterocycles. The van der Waals surface area contributed by atoms with Crippen LogP contribution in [-0.4, -0.2) is 6.72 Å². The van der Waals surface area contributed by atoms with Gasteiger partial charge in [0.25, 0.3) is 0 Å². The lowest BCUT2D eigenvalue weighted by atomic mass is 9.87. The molecule has 0 aliphatic heterocycles. The number of hydrogen-bond acceptors (Lipinski definition) is 1. The van der Waals surface area contributed by atoms with E-state index in [4.69, 9.17) is 0 Å². The Morgan fingerprint density at radius 3 is 2.45 bits per heavy atom. The molecule has 0 atom stereocenters. The quantitative estimate of drug-likeness (QED) is 0.537. The summed E-state index contributed by atoms with van der Waals surface area (Å²) in [4.78, 5) is 4.04. The van der Waals surface area contributed by atoms with Gasteiger partial charge in [-0.1, -0.05) is 25.3 Å². The van der Waals surface area contributed by atoms with Crippen LogP contribution in [0.15, 0.2) is 16.8 Å².